The summed E-state index contributed by atoms with van der Waals surface area (Å²) >= 11 is 0. The summed E-state index contributed by atoms with van der Waals surface area (Å²) in [5, 5.41) is 9.49. The molecule has 62 valence electrons. The summed E-state index contributed by atoms with van der Waals surface area (Å²) in [6.45, 7) is 1.59. The fourth-order valence-electron chi connectivity index (χ4n) is 0.905. The Hall–Kier alpha value is -0.870. The van der Waals surface area contributed by atoms with Crippen molar-refractivity contribution in [3.8, 4) is 0 Å². The van der Waals surface area contributed by atoms with Crippen molar-refractivity contribution in [2.24, 2.45) is 0 Å². The normalized spacial score (nSPS) is 30.1. The molecule has 1 rings (SSSR count). The van der Waals surface area contributed by atoms with Crippen LogP contribution in [0.2, 0.25) is 0 Å². The molecule has 11 heavy (non-hydrogen) atoms. The van der Waals surface area contributed by atoms with Crippen LogP contribution in [-0.4, -0.2) is 30.6 Å². The quantitative estimate of drug-likeness (QED) is 0.566. The molecule has 0 unspecified atom stereocenters. The van der Waals surface area contributed by atoms with Gasteiger partial charge in [-0.3, -0.25) is 0 Å². The molecule has 1 aliphatic heterocycles. The van der Waals surface area contributed by atoms with E-state index < -0.39 is 11.8 Å². The predicted molar refractivity (Wildman–Crippen MR) is 36.7 cm³/mol. The number of ether oxygens (including phenoxy) is 2. The largest absolute Gasteiger partial charge is 0.423 e. The van der Waals surface area contributed by atoms with Crippen molar-refractivity contribution in [1.82, 2.24) is 0 Å². The van der Waals surface area contributed by atoms with Gasteiger partial charge >= 0.3 is 5.97 Å². The highest BCUT2D eigenvalue weighted by molar-refractivity contribution is 5.86. The monoisotopic (exact) mass is 158 g/mol. The molecule has 0 radical (unpaired) electrons. The molecule has 1 N–H and O–H groups in total. The molecule has 1 atom stereocenters. The Morgan fingerprint density at radius 2 is 2.45 bits per heavy atom. The van der Waals surface area contributed by atoms with Crippen molar-refractivity contribution in [3.63, 3.8) is 0 Å². The van der Waals surface area contributed by atoms with E-state index in [1.54, 1.807) is 6.92 Å². The minimum absolute atomic E-state index is 0.0267. The molecule has 4 nitrogen and oxygen atoms in total. The van der Waals surface area contributed by atoms with E-state index in [9.17, 15) is 9.90 Å². The zero-order valence-electron chi connectivity index (χ0n) is 6.46. The second-order valence-corrected chi connectivity index (χ2v) is 2.47. The minimum atomic E-state index is -1.54. The van der Waals surface area contributed by atoms with E-state index in [1.807, 2.05) is 0 Å². The van der Waals surface area contributed by atoms with Crippen LogP contribution in [0.3, 0.4) is 0 Å². The molecule has 1 heterocycles. The maximum Gasteiger partial charge on any atom is 0.333 e. The van der Waals surface area contributed by atoms with E-state index in [0.717, 1.165) is 0 Å². The minimum Gasteiger partial charge on any atom is -0.423 e. The van der Waals surface area contributed by atoms with E-state index in [2.05, 4.69) is 9.47 Å². The van der Waals surface area contributed by atoms with Crippen LogP contribution in [0.4, 0.5) is 0 Å². The number of methoxy groups -OCH3 is 1. The van der Waals surface area contributed by atoms with Crippen LogP contribution in [0.5, 0.6) is 0 Å². The molecule has 1 aliphatic rings. The lowest BCUT2D eigenvalue weighted by Gasteiger charge is -2.21. The maximum atomic E-state index is 10.6. The third-order valence-electron chi connectivity index (χ3n) is 1.56. The van der Waals surface area contributed by atoms with Gasteiger partial charge in [0.25, 0.3) is 5.79 Å². The molecule has 0 bridgehead atoms. The number of hydrogen-bond donors (Lipinski definition) is 1. The Morgan fingerprint density at radius 1 is 1.82 bits per heavy atom. The molecular weight excluding hydrogens is 148 g/mol. The average Bonchev–Trinajstić information content (AvgIpc) is 2.08. The van der Waals surface area contributed by atoms with Gasteiger partial charge in [0.15, 0.2) is 0 Å². The molecule has 0 saturated carbocycles. The smallest absolute Gasteiger partial charge is 0.333 e. The average molecular weight is 158 g/mol. The van der Waals surface area contributed by atoms with Crippen LogP contribution >= 0.6 is 0 Å². The second-order valence-electron chi connectivity index (χ2n) is 2.47. The molecule has 0 fully saturated rings. The molecular formula is C7H10O4. The third-order valence-corrected chi connectivity index (χ3v) is 1.56. The summed E-state index contributed by atoms with van der Waals surface area (Å²) < 4.78 is 9.28. The summed E-state index contributed by atoms with van der Waals surface area (Å²) in [6, 6.07) is 0. The molecule has 0 amide bonds. The van der Waals surface area contributed by atoms with Crippen molar-refractivity contribution in [2.75, 3.05) is 13.7 Å². The number of carbonyl (C=O) groups is 1. The van der Waals surface area contributed by atoms with E-state index in [1.165, 1.54) is 13.2 Å². The molecule has 0 saturated heterocycles. The van der Waals surface area contributed by atoms with Crippen molar-refractivity contribution in [2.45, 2.75) is 12.7 Å². The van der Waals surface area contributed by atoms with Crippen LogP contribution < -0.4 is 0 Å². The van der Waals surface area contributed by atoms with E-state index in [0.29, 0.717) is 5.57 Å². The maximum absolute atomic E-state index is 10.6. The highest BCUT2D eigenvalue weighted by Gasteiger charge is 2.38. The summed E-state index contributed by atoms with van der Waals surface area (Å²) in [5.41, 5.74) is 0.476. The third kappa shape index (κ3) is 1.41. The highest BCUT2D eigenvalue weighted by Crippen LogP contribution is 2.24. The van der Waals surface area contributed by atoms with Crippen molar-refractivity contribution < 1.29 is 19.4 Å². The first-order chi connectivity index (χ1) is 5.08. The lowest BCUT2D eigenvalue weighted by Crippen LogP contribution is -2.36. The summed E-state index contributed by atoms with van der Waals surface area (Å²) in [7, 11) is 1.43. The Labute approximate surface area is 64.4 Å². The van der Waals surface area contributed by atoms with E-state index >= 15 is 0 Å². The highest BCUT2D eigenvalue weighted by atomic mass is 16.7. The number of esters is 1. The Bertz CT molecular complexity index is 208. The van der Waals surface area contributed by atoms with Crippen LogP contribution in [0.1, 0.15) is 6.92 Å². The van der Waals surface area contributed by atoms with Crippen molar-refractivity contribution in [1.29, 1.82) is 0 Å². The summed E-state index contributed by atoms with van der Waals surface area (Å²) in [6.07, 6.45) is 1.25. The van der Waals surface area contributed by atoms with Crippen molar-refractivity contribution in [3.05, 3.63) is 11.6 Å². The SMILES string of the molecule is COC[C@@]1(O)OC(=O)C=C1C. The van der Waals surface area contributed by atoms with Crippen LogP contribution in [0.15, 0.2) is 11.6 Å². The van der Waals surface area contributed by atoms with Gasteiger partial charge in [-0.2, -0.15) is 0 Å². The van der Waals surface area contributed by atoms with Gasteiger partial charge in [-0.25, -0.2) is 4.79 Å². The fraction of sp³-hybridized carbons (Fsp3) is 0.571. The molecule has 0 aromatic heterocycles. The van der Waals surface area contributed by atoms with Gasteiger partial charge in [-0.1, -0.05) is 0 Å². The first-order valence-electron chi connectivity index (χ1n) is 3.21. The first-order valence-corrected chi connectivity index (χ1v) is 3.21. The van der Waals surface area contributed by atoms with Gasteiger partial charge in [-0.15, -0.1) is 0 Å². The van der Waals surface area contributed by atoms with Gasteiger partial charge < -0.3 is 14.6 Å². The first kappa shape index (κ1) is 8.23. The van der Waals surface area contributed by atoms with Crippen LogP contribution in [0.25, 0.3) is 0 Å². The van der Waals surface area contributed by atoms with E-state index in [-0.39, 0.29) is 6.61 Å². The van der Waals surface area contributed by atoms with Crippen LogP contribution in [-0.2, 0) is 14.3 Å². The number of hydrogen-bond acceptors (Lipinski definition) is 4. The number of cyclic esters (lactones) is 1. The summed E-state index contributed by atoms with van der Waals surface area (Å²) in [5.74, 6) is -2.06. The Balaban J connectivity index is 2.74. The predicted octanol–water partition coefficient (Wildman–Crippen LogP) is -0.175. The summed E-state index contributed by atoms with van der Waals surface area (Å²) in [4.78, 5) is 10.6. The molecule has 0 aliphatic carbocycles. The van der Waals surface area contributed by atoms with E-state index in [4.69, 9.17) is 0 Å². The van der Waals surface area contributed by atoms with Gasteiger partial charge in [0.05, 0.1) is 0 Å². The molecule has 0 aromatic rings. The topological polar surface area (TPSA) is 55.8 Å². The molecule has 0 spiro atoms. The lowest BCUT2D eigenvalue weighted by molar-refractivity contribution is -0.195. The zero-order valence-corrected chi connectivity index (χ0v) is 6.46. The lowest BCUT2D eigenvalue weighted by atomic mass is 10.1. The van der Waals surface area contributed by atoms with Crippen LogP contribution in [0, 0.1) is 0 Å². The molecule has 4 heteroatoms. The number of rotatable bonds is 2. The van der Waals surface area contributed by atoms with Crippen molar-refractivity contribution >= 4 is 5.97 Å². The zero-order chi connectivity index (χ0) is 8.48. The Kier molecular flexibility index (Phi) is 1.97. The van der Waals surface area contributed by atoms with Gasteiger partial charge in [-0.05, 0) is 6.92 Å². The fourth-order valence-corrected chi connectivity index (χ4v) is 0.905. The molecule has 0 aromatic carbocycles. The number of carbonyl (C=O) groups excluding carboxylic acids is 1. The number of aliphatic hydroxyl groups is 1. The standard InChI is InChI=1S/C7H10O4/c1-5-3-6(8)11-7(5,9)4-10-2/h3,9H,4H2,1-2H3/t7-/m1/s1. The van der Waals surface area contributed by atoms with Gasteiger partial charge in [0.2, 0.25) is 0 Å². The van der Waals surface area contributed by atoms with Gasteiger partial charge in [0.1, 0.15) is 6.61 Å². The van der Waals surface area contributed by atoms with Gasteiger partial charge in [0, 0.05) is 18.8 Å². The second kappa shape index (κ2) is 2.64. The Morgan fingerprint density at radius 3 is 2.82 bits per heavy atom.